The molecule has 0 atom stereocenters. The number of allylic oxidation sites excluding steroid dienone is 1. The summed E-state index contributed by atoms with van der Waals surface area (Å²) in [5, 5.41) is 29.0. The maximum atomic E-state index is 11.5. The summed E-state index contributed by atoms with van der Waals surface area (Å²) >= 11 is 0. The number of nitrogens with zero attached hydrogens (tertiary/aromatic N) is 2. The van der Waals surface area contributed by atoms with Crippen molar-refractivity contribution in [2.24, 2.45) is 4.99 Å². The fourth-order valence-corrected chi connectivity index (χ4v) is 1.55. The van der Waals surface area contributed by atoms with Gasteiger partial charge in [-0.2, -0.15) is 0 Å². The number of aliphatic imine (C=N–C) groups is 1. The molecule has 0 aliphatic rings. The Balaban J connectivity index is 0. The number of unbranched alkanes of at least 4 members (excludes halogenated alkanes) is 2. The maximum Gasteiger partial charge on any atom is 1.00 e. The molecular formula is C14H25KN2O4. The van der Waals surface area contributed by atoms with Gasteiger partial charge in [-0.15, -0.1) is 0 Å². The van der Waals surface area contributed by atoms with Gasteiger partial charge in [0.25, 0.3) is 0 Å². The molecule has 0 unspecified atom stereocenters. The summed E-state index contributed by atoms with van der Waals surface area (Å²) < 4.78 is 0. The zero-order valence-electron chi connectivity index (χ0n) is 13.1. The number of carboxylic acids is 1. The van der Waals surface area contributed by atoms with E-state index in [4.69, 9.17) is 10.2 Å². The molecule has 0 aliphatic carbocycles. The van der Waals surface area contributed by atoms with E-state index in [1.54, 1.807) is 6.08 Å². The Morgan fingerprint density at radius 3 is 2.62 bits per heavy atom. The molecular weight excluding hydrogens is 299 g/mol. The number of aliphatic hydroxyl groups is 1. The van der Waals surface area contributed by atoms with E-state index in [0.717, 1.165) is 19.3 Å². The van der Waals surface area contributed by atoms with Crippen molar-refractivity contribution < 1.29 is 71.5 Å². The number of rotatable bonds is 12. The second-order valence-electron chi connectivity index (χ2n) is 4.53. The molecule has 0 heterocycles. The Morgan fingerprint density at radius 2 is 2.05 bits per heavy atom. The van der Waals surface area contributed by atoms with Crippen LogP contribution in [0.25, 0.3) is 0 Å². The third-order valence-corrected chi connectivity index (χ3v) is 2.62. The molecule has 21 heavy (non-hydrogen) atoms. The van der Waals surface area contributed by atoms with E-state index in [-0.39, 0.29) is 83.5 Å². The van der Waals surface area contributed by atoms with Gasteiger partial charge in [0.1, 0.15) is 0 Å². The molecule has 2 N–H and O–H groups in total. The molecule has 0 aromatic rings. The topological polar surface area (TPSA) is 96.2 Å². The second kappa shape index (κ2) is 16.6. The first-order chi connectivity index (χ1) is 9.60. The molecule has 0 aliphatic heterocycles. The molecule has 116 valence electrons. The third kappa shape index (κ3) is 16.4. The van der Waals surface area contributed by atoms with Gasteiger partial charge in [-0.25, -0.2) is 0 Å². The van der Waals surface area contributed by atoms with E-state index < -0.39 is 5.97 Å². The molecule has 0 aromatic carbocycles. The minimum atomic E-state index is -0.968. The first-order valence-electron chi connectivity index (χ1n) is 7.00. The number of carbonyl (C=O) groups is 1. The Labute approximate surface area is 169 Å². The van der Waals surface area contributed by atoms with Crippen LogP contribution >= 0.6 is 0 Å². The van der Waals surface area contributed by atoms with Crippen LogP contribution in [-0.4, -0.2) is 53.3 Å². The number of aliphatic hydroxyl groups excluding tert-OH is 1. The Kier molecular flexibility index (Phi) is 18.6. The standard InChI is InChI=1S/C14H26N2O4.K/c1-2-3-4-5-6-8-13(18)15-12-16(9-7-10-17)11-14(19)20;/h5-6,17H,2-4,7-12H2,1H3,(H,15,18)(H,19,20);/q;+1/p-1/b6-5+;. The van der Waals surface area contributed by atoms with Crippen LogP contribution in [0.3, 0.4) is 0 Å². The van der Waals surface area contributed by atoms with E-state index >= 15 is 0 Å². The molecule has 0 fully saturated rings. The van der Waals surface area contributed by atoms with Crippen LogP contribution in [0, 0.1) is 0 Å². The summed E-state index contributed by atoms with van der Waals surface area (Å²) in [7, 11) is 0. The molecule has 7 heteroatoms. The molecule has 0 rings (SSSR count). The first-order valence-corrected chi connectivity index (χ1v) is 7.00. The molecule has 0 saturated carbocycles. The number of carboxylic acid groups (broad SMARTS) is 1. The van der Waals surface area contributed by atoms with E-state index in [1.807, 2.05) is 6.08 Å². The zero-order valence-corrected chi connectivity index (χ0v) is 16.2. The largest absolute Gasteiger partial charge is 1.00 e. The average Bonchev–Trinajstić information content (AvgIpc) is 2.41. The van der Waals surface area contributed by atoms with E-state index in [1.165, 1.54) is 4.90 Å². The Morgan fingerprint density at radius 1 is 1.33 bits per heavy atom. The fraction of sp³-hybridized carbons (Fsp3) is 0.714. The minimum absolute atomic E-state index is 0. The number of hydrogen-bond donors (Lipinski definition) is 2. The Bertz CT molecular complexity index is 322. The normalized spacial score (nSPS) is 11.9. The summed E-state index contributed by atoms with van der Waals surface area (Å²) in [5.41, 5.74) is 0. The predicted octanol–water partition coefficient (Wildman–Crippen LogP) is -2.39. The monoisotopic (exact) mass is 324 g/mol. The van der Waals surface area contributed by atoms with Crippen LogP contribution in [0.5, 0.6) is 0 Å². The van der Waals surface area contributed by atoms with Crippen molar-refractivity contribution in [3.63, 3.8) is 0 Å². The number of hydrogen-bond acceptors (Lipinski definition) is 5. The van der Waals surface area contributed by atoms with Crippen molar-refractivity contribution >= 4 is 11.9 Å². The van der Waals surface area contributed by atoms with Crippen molar-refractivity contribution in [2.75, 3.05) is 26.4 Å². The van der Waals surface area contributed by atoms with Crippen LogP contribution in [0.4, 0.5) is 0 Å². The second-order valence-corrected chi connectivity index (χ2v) is 4.53. The van der Waals surface area contributed by atoms with Gasteiger partial charge in [0, 0.05) is 13.2 Å². The smallest absolute Gasteiger partial charge is 0.862 e. The zero-order chi connectivity index (χ0) is 15.2. The van der Waals surface area contributed by atoms with Crippen LogP contribution in [0.1, 0.15) is 39.0 Å². The van der Waals surface area contributed by atoms with Crippen LogP contribution < -0.4 is 56.5 Å². The summed E-state index contributed by atoms with van der Waals surface area (Å²) in [6.07, 6.45) is 7.69. The van der Waals surface area contributed by atoms with Crippen molar-refractivity contribution in [2.45, 2.75) is 39.0 Å². The van der Waals surface area contributed by atoms with E-state index in [2.05, 4.69) is 11.9 Å². The van der Waals surface area contributed by atoms with Gasteiger partial charge in [0.15, 0.2) is 0 Å². The van der Waals surface area contributed by atoms with Crippen LogP contribution in [0.15, 0.2) is 17.1 Å². The molecule has 0 amide bonds. The Hall–Kier alpha value is 0.236. The number of aliphatic carboxylic acids is 1. The van der Waals surface area contributed by atoms with Crippen molar-refractivity contribution in [1.29, 1.82) is 0 Å². The van der Waals surface area contributed by atoms with E-state index in [9.17, 15) is 9.90 Å². The molecule has 6 nitrogen and oxygen atoms in total. The van der Waals surface area contributed by atoms with Gasteiger partial charge in [-0.3, -0.25) is 14.7 Å². The van der Waals surface area contributed by atoms with Crippen LogP contribution in [0.2, 0.25) is 0 Å². The van der Waals surface area contributed by atoms with Crippen molar-refractivity contribution in [3.05, 3.63) is 12.2 Å². The quantitative estimate of drug-likeness (QED) is 0.137. The molecule has 0 bridgehead atoms. The van der Waals surface area contributed by atoms with Crippen LogP contribution in [-0.2, 0) is 4.79 Å². The van der Waals surface area contributed by atoms with Crippen molar-refractivity contribution in [1.82, 2.24) is 4.90 Å². The molecule has 0 radical (unpaired) electrons. The summed E-state index contributed by atoms with van der Waals surface area (Å²) in [5.74, 6) is -1.22. The summed E-state index contributed by atoms with van der Waals surface area (Å²) in [4.78, 5) is 16.0. The minimum Gasteiger partial charge on any atom is -0.862 e. The van der Waals surface area contributed by atoms with Gasteiger partial charge in [0.2, 0.25) is 0 Å². The SMILES string of the molecule is CCCC/C=C/CC([O-])=NCN(CCCO)CC(=O)O.[K+]. The summed E-state index contributed by atoms with van der Waals surface area (Å²) in [6, 6.07) is 0. The fourth-order valence-electron chi connectivity index (χ4n) is 1.55. The molecule has 0 aromatic heterocycles. The maximum absolute atomic E-state index is 11.5. The van der Waals surface area contributed by atoms with Gasteiger partial charge in [0.05, 0.1) is 13.2 Å². The summed E-state index contributed by atoms with van der Waals surface area (Å²) in [6.45, 7) is 2.39. The molecule has 0 saturated heterocycles. The third-order valence-electron chi connectivity index (χ3n) is 2.62. The van der Waals surface area contributed by atoms with Gasteiger partial charge < -0.3 is 15.3 Å². The van der Waals surface area contributed by atoms with Gasteiger partial charge in [-0.05, 0) is 25.2 Å². The van der Waals surface area contributed by atoms with Crippen molar-refractivity contribution in [3.8, 4) is 0 Å². The van der Waals surface area contributed by atoms with E-state index in [0.29, 0.717) is 13.0 Å². The van der Waals surface area contributed by atoms with Gasteiger partial charge in [-0.1, -0.05) is 31.9 Å². The first kappa shape index (κ1) is 23.5. The average molecular weight is 324 g/mol. The predicted molar refractivity (Wildman–Crippen MR) is 76.5 cm³/mol. The van der Waals surface area contributed by atoms with Gasteiger partial charge >= 0.3 is 57.4 Å². The molecule has 0 spiro atoms.